The second-order valence-electron chi connectivity index (χ2n) is 5.56. The van der Waals surface area contributed by atoms with Gasteiger partial charge in [0, 0.05) is 24.5 Å². The van der Waals surface area contributed by atoms with Gasteiger partial charge in [0.15, 0.2) is 0 Å². The Morgan fingerprint density at radius 1 is 1.21 bits per heavy atom. The number of nitrogens with two attached hydrogens (primary N) is 1. The molecule has 4 heteroatoms. The number of aryl methyl sites for hydroxylation is 2. The van der Waals surface area contributed by atoms with Gasteiger partial charge in [0.05, 0.1) is 5.69 Å². The molecule has 1 aromatic heterocycles. The fourth-order valence-electron chi connectivity index (χ4n) is 2.80. The largest absolute Gasteiger partial charge is 0.332 e. The van der Waals surface area contributed by atoms with Gasteiger partial charge in [-0.1, -0.05) is 12.1 Å². The number of benzene rings is 1. The van der Waals surface area contributed by atoms with Crippen LogP contribution in [0.4, 0.5) is 0 Å². The first kappa shape index (κ1) is 12.2. The highest BCUT2D eigenvalue weighted by Gasteiger charge is 2.34. The van der Waals surface area contributed by atoms with Crippen LogP contribution < -0.4 is 11.4 Å². The molecule has 1 fully saturated rings. The molecule has 4 nitrogen and oxygen atoms in total. The number of nitrogens with zero attached hydrogens (tertiary/aromatic N) is 2. The molecule has 2 aromatic rings. The van der Waals surface area contributed by atoms with Crippen molar-refractivity contribution in [1.82, 2.24) is 9.13 Å². The van der Waals surface area contributed by atoms with E-state index in [2.05, 4.69) is 0 Å². The van der Waals surface area contributed by atoms with Gasteiger partial charge < -0.3 is 10.3 Å². The summed E-state index contributed by atoms with van der Waals surface area (Å²) in [5.74, 6) is 0. The molecule has 0 radical (unpaired) electrons. The molecule has 2 N–H and O–H groups in total. The molecule has 0 spiro atoms. The summed E-state index contributed by atoms with van der Waals surface area (Å²) in [4.78, 5) is 12.0. The Labute approximate surface area is 112 Å². The minimum atomic E-state index is -0.144. The molecule has 1 aliphatic carbocycles. The van der Waals surface area contributed by atoms with E-state index in [1.807, 2.05) is 37.4 Å². The number of imidazole rings is 1. The Hall–Kier alpha value is -1.81. The van der Waals surface area contributed by atoms with Crippen molar-refractivity contribution in [2.24, 2.45) is 12.8 Å². The molecule has 19 heavy (non-hydrogen) atoms. The summed E-state index contributed by atoms with van der Waals surface area (Å²) in [5.41, 5.74) is 9.15. The highest BCUT2D eigenvalue weighted by Crippen LogP contribution is 2.38. The SMILES string of the molecule is Cc1cn(C)c(=O)n1-c1ccc(C2(N)CCC2)cc1. The van der Waals surface area contributed by atoms with Crippen LogP contribution in [0.25, 0.3) is 5.69 Å². The Morgan fingerprint density at radius 3 is 2.26 bits per heavy atom. The van der Waals surface area contributed by atoms with E-state index >= 15 is 0 Å². The van der Waals surface area contributed by atoms with E-state index < -0.39 is 0 Å². The van der Waals surface area contributed by atoms with Crippen LogP contribution >= 0.6 is 0 Å². The van der Waals surface area contributed by atoms with Gasteiger partial charge in [0.25, 0.3) is 0 Å². The van der Waals surface area contributed by atoms with E-state index in [0.29, 0.717) is 0 Å². The van der Waals surface area contributed by atoms with E-state index in [1.165, 1.54) is 12.0 Å². The molecule has 0 atom stereocenters. The van der Waals surface area contributed by atoms with E-state index in [1.54, 1.807) is 16.2 Å². The van der Waals surface area contributed by atoms with Crippen LogP contribution in [0, 0.1) is 6.92 Å². The lowest BCUT2D eigenvalue weighted by Gasteiger charge is -2.38. The number of hydrogen-bond donors (Lipinski definition) is 1. The van der Waals surface area contributed by atoms with Crippen molar-refractivity contribution in [3.05, 3.63) is 52.2 Å². The maximum Gasteiger partial charge on any atom is 0.332 e. The summed E-state index contributed by atoms with van der Waals surface area (Å²) in [5, 5.41) is 0. The topological polar surface area (TPSA) is 53.0 Å². The molecule has 100 valence electrons. The van der Waals surface area contributed by atoms with Crippen LogP contribution in [0.15, 0.2) is 35.3 Å². The van der Waals surface area contributed by atoms with Crippen LogP contribution in [0.3, 0.4) is 0 Å². The van der Waals surface area contributed by atoms with Crippen molar-refractivity contribution in [3.8, 4) is 5.69 Å². The molecule has 0 saturated heterocycles. The van der Waals surface area contributed by atoms with Crippen LogP contribution in [0.1, 0.15) is 30.5 Å². The van der Waals surface area contributed by atoms with E-state index in [9.17, 15) is 4.79 Å². The van der Waals surface area contributed by atoms with Gasteiger partial charge in [-0.2, -0.15) is 0 Å². The molecule has 1 heterocycles. The third-order valence-electron chi connectivity index (χ3n) is 4.17. The predicted molar refractivity (Wildman–Crippen MR) is 75.5 cm³/mol. The molecule has 0 aliphatic heterocycles. The lowest BCUT2D eigenvalue weighted by atomic mass is 9.73. The summed E-state index contributed by atoms with van der Waals surface area (Å²) in [6.07, 6.45) is 5.15. The van der Waals surface area contributed by atoms with Gasteiger partial charge in [0.1, 0.15) is 0 Å². The number of aromatic nitrogens is 2. The van der Waals surface area contributed by atoms with Crippen molar-refractivity contribution in [2.75, 3.05) is 0 Å². The highest BCUT2D eigenvalue weighted by molar-refractivity contribution is 5.39. The Morgan fingerprint density at radius 2 is 1.84 bits per heavy atom. The van der Waals surface area contributed by atoms with Crippen molar-refractivity contribution in [2.45, 2.75) is 31.7 Å². The summed E-state index contributed by atoms with van der Waals surface area (Å²) in [7, 11) is 1.77. The molecule has 0 amide bonds. The first-order valence-corrected chi connectivity index (χ1v) is 6.66. The fourth-order valence-corrected chi connectivity index (χ4v) is 2.80. The van der Waals surface area contributed by atoms with Gasteiger partial charge in [-0.05, 0) is 43.9 Å². The molecule has 0 unspecified atom stereocenters. The van der Waals surface area contributed by atoms with Gasteiger partial charge in [0.2, 0.25) is 0 Å². The molecular formula is C15H19N3O. The lowest BCUT2D eigenvalue weighted by molar-refractivity contribution is 0.253. The van der Waals surface area contributed by atoms with Crippen LogP contribution in [0.2, 0.25) is 0 Å². The van der Waals surface area contributed by atoms with E-state index in [0.717, 1.165) is 24.2 Å². The summed E-state index contributed by atoms with van der Waals surface area (Å²) < 4.78 is 3.31. The smallest absolute Gasteiger partial charge is 0.321 e. The minimum absolute atomic E-state index is 0.0173. The monoisotopic (exact) mass is 257 g/mol. The van der Waals surface area contributed by atoms with Gasteiger partial charge in [-0.3, -0.25) is 4.57 Å². The Kier molecular flexibility index (Phi) is 2.64. The third kappa shape index (κ3) is 1.83. The highest BCUT2D eigenvalue weighted by atomic mass is 16.1. The second-order valence-corrected chi connectivity index (χ2v) is 5.56. The Balaban J connectivity index is 2.01. The standard InChI is InChI=1S/C15H19N3O/c1-11-10-17(2)14(19)18(11)13-6-4-12(5-7-13)15(16)8-3-9-15/h4-7,10H,3,8-9,16H2,1-2H3. The quantitative estimate of drug-likeness (QED) is 0.892. The van der Waals surface area contributed by atoms with Gasteiger partial charge >= 0.3 is 5.69 Å². The average Bonchev–Trinajstić information content (AvgIpc) is 2.61. The predicted octanol–water partition coefficient (Wildman–Crippen LogP) is 1.82. The maximum atomic E-state index is 12.0. The van der Waals surface area contributed by atoms with Crippen molar-refractivity contribution in [3.63, 3.8) is 0 Å². The molecule has 1 aliphatic rings. The number of rotatable bonds is 2. The molecular weight excluding hydrogens is 238 g/mol. The molecule has 1 aromatic carbocycles. The first-order chi connectivity index (χ1) is 9.01. The van der Waals surface area contributed by atoms with Crippen molar-refractivity contribution in [1.29, 1.82) is 0 Å². The average molecular weight is 257 g/mol. The Bertz CT molecular complexity index is 660. The summed E-state index contributed by atoms with van der Waals surface area (Å²) >= 11 is 0. The third-order valence-corrected chi connectivity index (χ3v) is 4.17. The van der Waals surface area contributed by atoms with Crippen molar-refractivity contribution < 1.29 is 0 Å². The lowest BCUT2D eigenvalue weighted by Crippen LogP contribution is -2.43. The van der Waals surface area contributed by atoms with E-state index in [-0.39, 0.29) is 11.2 Å². The van der Waals surface area contributed by atoms with Gasteiger partial charge in [-0.15, -0.1) is 0 Å². The first-order valence-electron chi connectivity index (χ1n) is 6.66. The summed E-state index contributed by atoms with van der Waals surface area (Å²) in [6, 6.07) is 8.06. The van der Waals surface area contributed by atoms with Crippen LogP contribution in [-0.2, 0) is 12.6 Å². The normalized spacial score (nSPS) is 17.2. The van der Waals surface area contributed by atoms with E-state index in [4.69, 9.17) is 5.73 Å². The molecule has 0 bridgehead atoms. The maximum absolute atomic E-state index is 12.0. The molecule has 3 rings (SSSR count). The zero-order valence-electron chi connectivity index (χ0n) is 11.4. The number of hydrogen-bond acceptors (Lipinski definition) is 2. The van der Waals surface area contributed by atoms with Crippen molar-refractivity contribution >= 4 is 0 Å². The zero-order chi connectivity index (χ0) is 13.6. The van der Waals surface area contributed by atoms with Crippen LogP contribution in [-0.4, -0.2) is 9.13 Å². The van der Waals surface area contributed by atoms with Gasteiger partial charge in [-0.25, -0.2) is 4.79 Å². The zero-order valence-corrected chi connectivity index (χ0v) is 11.4. The molecule has 1 saturated carbocycles. The second kappa shape index (κ2) is 4.10. The fraction of sp³-hybridized carbons (Fsp3) is 0.400. The van der Waals surface area contributed by atoms with Crippen LogP contribution in [0.5, 0.6) is 0 Å². The summed E-state index contributed by atoms with van der Waals surface area (Å²) in [6.45, 7) is 1.94. The minimum Gasteiger partial charge on any atom is -0.321 e.